The molecule has 0 saturated heterocycles. The number of carbonyl (C=O) groups excluding carboxylic acids is 1. The van der Waals surface area contributed by atoms with Gasteiger partial charge in [-0.1, -0.05) is 0 Å². The van der Waals surface area contributed by atoms with Gasteiger partial charge in [-0.25, -0.2) is 9.67 Å². The minimum atomic E-state index is -4.55. The molecule has 1 aromatic carbocycles. The summed E-state index contributed by atoms with van der Waals surface area (Å²) in [5.41, 5.74) is 1.06. The number of carbonyl (C=O) groups is 1. The number of nitrogens with zero attached hydrogens (tertiary/aromatic N) is 5. The number of tetrazole rings is 1. The number of benzene rings is 1. The van der Waals surface area contributed by atoms with Crippen molar-refractivity contribution in [2.45, 2.75) is 20.0 Å². The first-order valence-electron chi connectivity index (χ1n) is 7.46. The van der Waals surface area contributed by atoms with Crippen LogP contribution >= 0.6 is 0 Å². The normalized spacial score (nSPS) is 11.4. The van der Waals surface area contributed by atoms with Crippen LogP contribution in [0.25, 0.3) is 5.69 Å². The Morgan fingerprint density at radius 3 is 2.50 bits per heavy atom. The van der Waals surface area contributed by atoms with E-state index in [1.165, 1.54) is 17.9 Å². The van der Waals surface area contributed by atoms with Gasteiger partial charge in [0.05, 0.1) is 16.9 Å². The van der Waals surface area contributed by atoms with Gasteiger partial charge in [-0.2, -0.15) is 13.2 Å². The molecule has 0 atom stereocenters. The van der Waals surface area contributed by atoms with Crippen LogP contribution in [0.5, 0.6) is 0 Å². The number of amides is 1. The molecular weight excluding hydrogens is 349 g/mol. The fraction of sp³-hybridized carbons (Fsp3) is 0.188. The van der Waals surface area contributed by atoms with E-state index in [1.54, 1.807) is 18.2 Å². The third-order valence-electron chi connectivity index (χ3n) is 3.67. The summed E-state index contributed by atoms with van der Waals surface area (Å²) in [5, 5.41) is 13.6. The lowest BCUT2D eigenvalue weighted by Gasteiger charge is -2.12. The van der Waals surface area contributed by atoms with Crippen LogP contribution in [-0.2, 0) is 6.18 Å². The maximum Gasteiger partial charge on any atom is 0.433 e. The van der Waals surface area contributed by atoms with Crippen molar-refractivity contribution in [2.75, 3.05) is 5.32 Å². The quantitative estimate of drug-likeness (QED) is 0.774. The molecule has 7 nitrogen and oxygen atoms in total. The molecule has 0 aliphatic rings. The molecule has 0 saturated carbocycles. The maximum atomic E-state index is 12.7. The van der Waals surface area contributed by atoms with Gasteiger partial charge in [-0.15, -0.1) is 5.10 Å². The monoisotopic (exact) mass is 362 g/mol. The number of anilines is 1. The summed E-state index contributed by atoms with van der Waals surface area (Å²) in [6.07, 6.45) is -3.11. The summed E-state index contributed by atoms with van der Waals surface area (Å²) in [6.45, 7) is 3.17. The van der Waals surface area contributed by atoms with Crippen molar-refractivity contribution in [2.24, 2.45) is 0 Å². The third-order valence-corrected chi connectivity index (χ3v) is 3.67. The number of aryl methyl sites for hydroxylation is 2. The second-order valence-corrected chi connectivity index (χ2v) is 5.54. The van der Waals surface area contributed by atoms with E-state index in [2.05, 4.69) is 25.8 Å². The molecule has 3 aromatic rings. The summed E-state index contributed by atoms with van der Waals surface area (Å²) < 4.78 is 39.5. The van der Waals surface area contributed by atoms with Crippen LogP contribution in [0.4, 0.5) is 18.9 Å². The first-order valence-corrected chi connectivity index (χ1v) is 7.46. The second kappa shape index (κ2) is 6.54. The molecule has 0 fully saturated rings. The zero-order chi connectivity index (χ0) is 18.9. The highest BCUT2D eigenvalue weighted by Gasteiger charge is 2.33. The molecule has 0 aliphatic heterocycles. The molecular formula is C16H13F3N6O. The molecule has 26 heavy (non-hydrogen) atoms. The molecule has 0 aliphatic carbocycles. The Hall–Kier alpha value is -3.30. The first kappa shape index (κ1) is 17.5. The predicted octanol–water partition coefficient (Wildman–Crippen LogP) is 2.95. The van der Waals surface area contributed by atoms with Crippen molar-refractivity contribution < 1.29 is 18.0 Å². The number of aromatic nitrogens is 5. The highest BCUT2D eigenvalue weighted by molar-refractivity contribution is 6.05. The number of hydrogen-bond donors (Lipinski definition) is 1. The predicted molar refractivity (Wildman–Crippen MR) is 85.8 cm³/mol. The molecule has 0 unspecified atom stereocenters. The molecule has 2 heterocycles. The molecule has 0 radical (unpaired) electrons. The van der Waals surface area contributed by atoms with Crippen molar-refractivity contribution in [3.8, 4) is 5.69 Å². The van der Waals surface area contributed by atoms with Crippen molar-refractivity contribution in [3.05, 3.63) is 59.2 Å². The Bertz CT molecular complexity index is 953. The number of nitrogens with one attached hydrogen (secondary N) is 1. The average molecular weight is 362 g/mol. The summed E-state index contributed by atoms with van der Waals surface area (Å²) in [5.74, 6) is -0.543. The van der Waals surface area contributed by atoms with E-state index in [4.69, 9.17) is 0 Å². The van der Waals surface area contributed by atoms with Crippen molar-refractivity contribution >= 4 is 11.6 Å². The van der Waals surface area contributed by atoms with Crippen LogP contribution in [0.3, 0.4) is 0 Å². The van der Waals surface area contributed by atoms with Crippen LogP contribution in [0, 0.1) is 13.8 Å². The van der Waals surface area contributed by atoms with E-state index in [-0.39, 0.29) is 11.3 Å². The minimum Gasteiger partial charge on any atom is -0.322 e. The van der Waals surface area contributed by atoms with Gasteiger partial charge in [-0.3, -0.25) is 4.79 Å². The Morgan fingerprint density at radius 1 is 1.15 bits per heavy atom. The van der Waals surface area contributed by atoms with Gasteiger partial charge < -0.3 is 5.32 Å². The fourth-order valence-corrected chi connectivity index (χ4v) is 2.42. The van der Waals surface area contributed by atoms with Crippen LogP contribution in [0.15, 0.2) is 36.7 Å². The third kappa shape index (κ3) is 3.53. The Labute approximate surface area is 145 Å². The highest BCUT2D eigenvalue weighted by Crippen LogP contribution is 2.28. The molecule has 1 amide bonds. The Morgan fingerprint density at radius 2 is 1.92 bits per heavy atom. The van der Waals surface area contributed by atoms with Gasteiger partial charge in [0.15, 0.2) is 0 Å². The van der Waals surface area contributed by atoms with Crippen molar-refractivity contribution in [1.29, 1.82) is 0 Å². The number of halogens is 3. The maximum absolute atomic E-state index is 12.7. The topological polar surface area (TPSA) is 85.6 Å². The highest BCUT2D eigenvalue weighted by atomic mass is 19.4. The molecule has 1 N–H and O–H groups in total. The molecule has 0 bridgehead atoms. The number of hydrogen-bond acceptors (Lipinski definition) is 5. The first-order chi connectivity index (χ1) is 12.3. The van der Waals surface area contributed by atoms with Gasteiger partial charge in [0, 0.05) is 5.69 Å². The Kier molecular flexibility index (Phi) is 4.41. The standard InChI is InChI=1S/C16H13F3N6O/c1-9-7-11(3-5-13(9)25-8-20-23-24-25)22-15(26)12-4-6-14(16(17,18)19)21-10(12)2/h3-8H,1-2H3,(H,22,26). The SMILES string of the molecule is Cc1cc(NC(=O)c2ccc(C(F)(F)F)nc2C)ccc1-n1cnnn1. The zero-order valence-corrected chi connectivity index (χ0v) is 13.7. The number of alkyl halides is 3. The lowest BCUT2D eigenvalue weighted by Crippen LogP contribution is -2.16. The number of rotatable bonds is 3. The van der Waals surface area contributed by atoms with Crippen LogP contribution in [-0.4, -0.2) is 31.1 Å². The van der Waals surface area contributed by atoms with Crippen LogP contribution < -0.4 is 5.32 Å². The van der Waals surface area contributed by atoms with E-state index in [0.717, 1.165) is 23.4 Å². The molecule has 0 spiro atoms. The van der Waals surface area contributed by atoms with Gasteiger partial charge >= 0.3 is 6.18 Å². The minimum absolute atomic E-state index is 0.000595. The Balaban J connectivity index is 1.81. The van der Waals surface area contributed by atoms with Crippen LogP contribution in [0.1, 0.15) is 27.3 Å². The summed E-state index contributed by atoms with van der Waals surface area (Å²) in [7, 11) is 0. The second-order valence-electron chi connectivity index (χ2n) is 5.54. The van der Waals surface area contributed by atoms with Gasteiger partial charge in [0.25, 0.3) is 5.91 Å². The molecule has 134 valence electrons. The number of pyridine rings is 1. The van der Waals surface area contributed by atoms with Crippen molar-refractivity contribution in [3.63, 3.8) is 0 Å². The molecule has 2 aromatic heterocycles. The molecule has 10 heteroatoms. The van der Waals surface area contributed by atoms with Gasteiger partial charge in [0.2, 0.25) is 0 Å². The van der Waals surface area contributed by atoms with Crippen molar-refractivity contribution in [1.82, 2.24) is 25.2 Å². The van der Waals surface area contributed by atoms with E-state index in [0.29, 0.717) is 5.69 Å². The summed E-state index contributed by atoms with van der Waals surface area (Å²) in [6, 6.07) is 6.98. The van der Waals surface area contributed by atoms with E-state index in [9.17, 15) is 18.0 Å². The molecule has 3 rings (SSSR count). The van der Waals surface area contributed by atoms with E-state index >= 15 is 0 Å². The lowest BCUT2D eigenvalue weighted by atomic mass is 10.1. The zero-order valence-electron chi connectivity index (χ0n) is 13.7. The van der Waals surface area contributed by atoms with E-state index < -0.39 is 17.8 Å². The largest absolute Gasteiger partial charge is 0.433 e. The lowest BCUT2D eigenvalue weighted by molar-refractivity contribution is -0.141. The average Bonchev–Trinajstić information content (AvgIpc) is 3.08. The smallest absolute Gasteiger partial charge is 0.322 e. The summed E-state index contributed by atoms with van der Waals surface area (Å²) >= 11 is 0. The van der Waals surface area contributed by atoms with Gasteiger partial charge in [-0.05, 0) is 60.2 Å². The van der Waals surface area contributed by atoms with E-state index in [1.807, 2.05) is 6.92 Å². The van der Waals surface area contributed by atoms with Crippen LogP contribution in [0.2, 0.25) is 0 Å². The summed E-state index contributed by atoms with van der Waals surface area (Å²) in [4.78, 5) is 15.8. The fourth-order valence-electron chi connectivity index (χ4n) is 2.42. The van der Waals surface area contributed by atoms with Gasteiger partial charge in [0.1, 0.15) is 12.0 Å².